The third kappa shape index (κ3) is 2.48. The molecule has 1 aliphatic rings. The highest BCUT2D eigenvalue weighted by Crippen LogP contribution is 2.19. The lowest BCUT2D eigenvalue weighted by Gasteiger charge is -2.14. The molecule has 0 bridgehead atoms. The minimum atomic E-state index is -0.427. The molecule has 0 aromatic heterocycles. The Kier molecular flexibility index (Phi) is 2.84. The first-order valence-corrected chi connectivity index (χ1v) is 3.85. The van der Waals surface area contributed by atoms with Crippen LogP contribution in [-0.4, -0.2) is 24.7 Å². The predicted molar refractivity (Wildman–Crippen MR) is 40.8 cm³/mol. The molecule has 4 heteroatoms. The molecular formula is C7H14N2O2. The van der Waals surface area contributed by atoms with Gasteiger partial charge < -0.3 is 16.2 Å². The van der Waals surface area contributed by atoms with Gasteiger partial charge in [-0.05, 0) is 19.3 Å². The summed E-state index contributed by atoms with van der Waals surface area (Å²) in [5.41, 5.74) is 10.6. The van der Waals surface area contributed by atoms with Crippen LogP contribution < -0.4 is 11.5 Å². The lowest BCUT2D eigenvalue weighted by Crippen LogP contribution is -2.34. The van der Waals surface area contributed by atoms with Crippen LogP contribution in [0, 0.1) is 0 Å². The monoisotopic (exact) mass is 158 g/mol. The standard InChI is InChI=1S/C7H14N2O2/c8-5-2-1-3-6(5)11-4-7(9)10/h5-6H,1-4,8H2,(H2,9,10). The zero-order chi connectivity index (χ0) is 8.27. The highest BCUT2D eigenvalue weighted by atomic mass is 16.5. The van der Waals surface area contributed by atoms with Crippen LogP contribution >= 0.6 is 0 Å². The summed E-state index contributed by atoms with van der Waals surface area (Å²) < 4.78 is 5.18. The molecule has 4 nitrogen and oxygen atoms in total. The maximum atomic E-state index is 10.3. The average Bonchev–Trinajstić information content (AvgIpc) is 2.31. The van der Waals surface area contributed by atoms with Crippen molar-refractivity contribution in [1.82, 2.24) is 0 Å². The van der Waals surface area contributed by atoms with E-state index in [1.54, 1.807) is 0 Å². The summed E-state index contributed by atoms with van der Waals surface area (Å²) >= 11 is 0. The molecule has 1 fully saturated rings. The topological polar surface area (TPSA) is 78.3 Å². The Labute approximate surface area is 65.9 Å². The van der Waals surface area contributed by atoms with Crippen molar-refractivity contribution in [3.63, 3.8) is 0 Å². The summed E-state index contributed by atoms with van der Waals surface area (Å²) in [7, 11) is 0. The van der Waals surface area contributed by atoms with Gasteiger partial charge in [0.1, 0.15) is 6.61 Å². The lowest BCUT2D eigenvalue weighted by atomic mass is 10.2. The SMILES string of the molecule is NC(=O)COC1CCCC1N. The Hall–Kier alpha value is -0.610. The third-order valence-corrected chi connectivity index (χ3v) is 1.94. The van der Waals surface area contributed by atoms with Gasteiger partial charge in [0.2, 0.25) is 5.91 Å². The van der Waals surface area contributed by atoms with Gasteiger partial charge in [0, 0.05) is 6.04 Å². The van der Waals surface area contributed by atoms with Crippen molar-refractivity contribution in [2.24, 2.45) is 11.5 Å². The van der Waals surface area contributed by atoms with E-state index in [0.29, 0.717) is 0 Å². The number of carbonyl (C=O) groups excluding carboxylic acids is 1. The van der Waals surface area contributed by atoms with Crippen molar-refractivity contribution in [3.05, 3.63) is 0 Å². The van der Waals surface area contributed by atoms with Crippen LogP contribution in [0.15, 0.2) is 0 Å². The molecule has 0 aliphatic heterocycles. The summed E-state index contributed by atoms with van der Waals surface area (Å²) in [6, 6.07) is 0.0920. The van der Waals surface area contributed by atoms with E-state index in [9.17, 15) is 4.79 Å². The largest absolute Gasteiger partial charge is 0.368 e. The van der Waals surface area contributed by atoms with Gasteiger partial charge in [-0.1, -0.05) is 0 Å². The molecule has 1 amide bonds. The number of carbonyl (C=O) groups is 1. The number of primary amides is 1. The van der Waals surface area contributed by atoms with E-state index in [-0.39, 0.29) is 18.8 Å². The van der Waals surface area contributed by atoms with Crippen LogP contribution in [0.3, 0.4) is 0 Å². The molecule has 1 aliphatic carbocycles. The maximum absolute atomic E-state index is 10.3. The van der Waals surface area contributed by atoms with Crippen molar-refractivity contribution in [2.45, 2.75) is 31.4 Å². The molecule has 0 aromatic rings. The predicted octanol–water partition coefficient (Wildman–Crippen LogP) is -0.632. The summed E-state index contributed by atoms with van der Waals surface area (Å²) in [6.07, 6.45) is 3.07. The molecular weight excluding hydrogens is 144 g/mol. The Balaban J connectivity index is 2.20. The lowest BCUT2D eigenvalue weighted by molar-refractivity contribution is -0.124. The van der Waals surface area contributed by atoms with Crippen molar-refractivity contribution in [3.8, 4) is 0 Å². The average molecular weight is 158 g/mol. The van der Waals surface area contributed by atoms with Gasteiger partial charge in [-0.15, -0.1) is 0 Å². The number of amides is 1. The maximum Gasteiger partial charge on any atom is 0.243 e. The first-order valence-electron chi connectivity index (χ1n) is 3.85. The normalized spacial score (nSPS) is 30.6. The highest BCUT2D eigenvalue weighted by Gasteiger charge is 2.24. The molecule has 11 heavy (non-hydrogen) atoms. The molecule has 0 spiro atoms. The number of nitrogens with two attached hydrogens (primary N) is 2. The molecule has 64 valence electrons. The number of hydrogen-bond donors (Lipinski definition) is 2. The molecule has 2 unspecified atom stereocenters. The van der Waals surface area contributed by atoms with Gasteiger partial charge >= 0.3 is 0 Å². The first-order chi connectivity index (χ1) is 5.20. The minimum absolute atomic E-state index is 0.00162. The Bertz CT molecular complexity index is 149. The van der Waals surface area contributed by atoms with Gasteiger partial charge in [-0.25, -0.2) is 0 Å². The van der Waals surface area contributed by atoms with E-state index < -0.39 is 5.91 Å². The van der Waals surface area contributed by atoms with Crippen molar-refractivity contribution in [1.29, 1.82) is 0 Å². The van der Waals surface area contributed by atoms with Crippen LogP contribution in [0.2, 0.25) is 0 Å². The fourth-order valence-electron chi connectivity index (χ4n) is 1.35. The quantitative estimate of drug-likeness (QED) is 0.574. The van der Waals surface area contributed by atoms with Crippen LogP contribution in [0.4, 0.5) is 0 Å². The molecule has 0 aromatic carbocycles. The first kappa shape index (κ1) is 8.49. The van der Waals surface area contributed by atoms with Gasteiger partial charge in [0.25, 0.3) is 0 Å². The van der Waals surface area contributed by atoms with E-state index in [0.717, 1.165) is 19.3 Å². The third-order valence-electron chi connectivity index (χ3n) is 1.94. The van der Waals surface area contributed by atoms with E-state index in [4.69, 9.17) is 16.2 Å². The molecule has 1 saturated carbocycles. The van der Waals surface area contributed by atoms with E-state index in [1.165, 1.54) is 0 Å². The van der Waals surface area contributed by atoms with Crippen LogP contribution in [0.25, 0.3) is 0 Å². The minimum Gasteiger partial charge on any atom is -0.368 e. The summed E-state index contributed by atoms with van der Waals surface area (Å²) in [5, 5.41) is 0. The van der Waals surface area contributed by atoms with Gasteiger partial charge in [-0.2, -0.15) is 0 Å². The summed E-state index contributed by atoms with van der Waals surface area (Å²) in [4.78, 5) is 10.3. The smallest absolute Gasteiger partial charge is 0.243 e. The number of hydrogen-bond acceptors (Lipinski definition) is 3. The molecule has 1 rings (SSSR count). The Morgan fingerprint density at radius 3 is 2.73 bits per heavy atom. The van der Waals surface area contributed by atoms with E-state index in [1.807, 2.05) is 0 Å². The van der Waals surface area contributed by atoms with Crippen molar-refractivity contribution >= 4 is 5.91 Å². The second-order valence-electron chi connectivity index (χ2n) is 2.91. The van der Waals surface area contributed by atoms with Gasteiger partial charge in [0.15, 0.2) is 0 Å². The van der Waals surface area contributed by atoms with Crippen LogP contribution in [0.5, 0.6) is 0 Å². The van der Waals surface area contributed by atoms with Crippen LogP contribution in [0.1, 0.15) is 19.3 Å². The Morgan fingerprint density at radius 2 is 2.27 bits per heavy atom. The number of ether oxygens (including phenoxy) is 1. The number of rotatable bonds is 3. The summed E-state index contributed by atoms with van der Waals surface area (Å²) in [6.45, 7) is -0.00162. The fourth-order valence-corrected chi connectivity index (χ4v) is 1.35. The zero-order valence-electron chi connectivity index (χ0n) is 6.45. The van der Waals surface area contributed by atoms with Crippen molar-refractivity contribution in [2.75, 3.05) is 6.61 Å². The van der Waals surface area contributed by atoms with Crippen LogP contribution in [-0.2, 0) is 9.53 Å². The van der Waals surface area contributed by atoms with Crippen molar-refractivity contribution < 1.29 is 9.53 Å². The molecule has 4 N–H and O–H groups in total. The molecule has 0 radical (unpaired) electrons. The second kappa shape index (κ2) is 3.69. The molecule has 2 atom stereocenters. The zero-order valence-corrected chi connectivity index (χ0v) is 6.45. The second-order valence-corrected chi connectivity index (χ2v) is 2.91. The highest BCUT2D eigenvalue weighted by molar-refractivity contribution is 5.75. The van der Waals surface area contributed by atoms with E-state index >= 15 is 0 Å². The molecule has 0 heterocycles. The van der Waals surface area contributed by atoms with Gasteiger partial charge in [-0.3, -0.25) is 4.79 Å². The molecule has 0 saturated heterocycles. The Morgan fingerprint density at radius 1 is 1.55 bits per heavy atom. The van der Waals surface area contributed by atoms with Gasteiger partial charge in [0.05, 0.1) is 6.10 Å². The van der Waals surface area contributed by atoms with E-state index in [2.05, 4.69) is 0 Å². The summed E-state index contributed by atoms with van der Waals surface area (Å²) in [5.74, 6) is -0.427. The fraction of sp³-hybridized carbons (Fsp3) is 0.857.